The van der Waals surface area contributed by atoms with Gasteiger partial charge in [-0.15, -0.1) is 5.10 Å². The number of nitrogens with zero attached hydrogens (tertiary/aromatic N) is 3. The maximum Gasteiger partial charge on any atom is 0.276 e. The predicted molar refractivity (Wildman–Crippen MR) is 123 cm³/mol. The molecule has 0 saturated heterocycles. The lowest BCUT2D eigenvalue weighted by molar-refractivity contribution is -0.127. The number of hydrogen-bond donors (Lipinski definition) is 1. The summed E-state index contributed by atoms with van der Waals surface area (Å²) in [5.41, 5.74) is 2.76. The van der Waals surface area contributed by atoms with Gasteiger partial charge in [0.1, 0.15) is 6.04 Å². The van der Waals surface area contributed by atoms with E-state index in [2.05, 4.69) is 14.9 Å². The number of rotatable bonds is 7. The van der Waals surface area contributed by atoms with E-state index in [1.165, 1.54) is 0 Å². The number of amides is 2. The molecule has 31 heavy (non-hydrogen) atoms. The van der Waals surface area contributed by atoms with Crippen LogP contribution < -0.4 is 5.32 Å². The van der Waals surface area contributed by atoms with Crippen molar-refractivity contribution in [3.05, 3.63) is 82.4 Å². The topological polar surface area (TPSA) is 75.2 Å². The highest BCUT2D eigenvalue weighted by molar-refractivity contribution is 7.03. The third-order valence-electron chi connectivity index (χ3n) is 4.78. The molecule has 3 rings (SSSR count). The van der Waals surface area contributed by atoms with Gasteiger partial charge in [0.05, 0.1) is 0 Å². The normalized spacial score (nSPS) is 12.3. The van der Waals surface area contributed by atoms with E-state index in [0.29, 0.717) is 13.0 Å². The molecule has 1 aromatic heterocycles. The monoisotopic (exact) mass is 436 g/mol. The summed E-state index contributed by atoms with van der Waals surface area (Å²) >= 11 is 1.12. The molecular formula is C24H28N4O2S. The minimum atomic E-state index is -0.780. The molecule has 0 aliphatic rings. The lowest BCUT2D eigenvalue weighted by Crippen LogP contribution is -2.49. The van der Waals surface area contributed by atoms with E-state index >= 15 is 0 Å². The van der Waals surface area contributed by atoms with Crippen molar-refractivity contribution in [1.29, 1.82) is 0 Å². The summed E-state index contributed by atoms with van der Waals surface area (Å²) in [5.74, 6) is -0.528. The SMILES string of the molecule is Cc1ccc(C(C(=O)NC(C)(C)C)N(CCc2ccccc2)C(=O)c2csnn2)cc1. The molecule has 3 aromatic rings. The van der Waals surface area contributed by atoms with Crippen LogP contribution in [0.2, 0.25) is 0 Å². The summed E-state index contributed by atoms with van der Waals surface area (Å²) in [4.78, 5) is 28.5. The lowest BCUT2D eigenvalue weighted by atomic mass is 9.99. The average molecular weight is 437 g/mol. The van der Waals surface area contributed by atoms with Gasteiger partial charge in [0, 0.05) is 17.5 Å². The minimum absolute atomic E-state index is 0.221. The molecule has 1 atom stereocenters. The van der Waals surface area contributed by atoms with E-state index in [9.17, 15) is 9.59 Å². The average Bonchev–Trinajstić information content (AvgIpc) is 3.26. The maximum atomic E-state index is 13.4. The Morgan fingerprint density at radius 1 is 1.06 bits per heavy atom. The fourth-order valence-electron chi connectivity index (χ4n) is 3.31. The standard InChI is InChI=1S/C24H28N4O2S/c1-17-10-12-19(13-11-17)21(22(29)25-24(2,3)4)28(23(30)20-16-31-27-26-20)15-14-18-8-6-5-7-9-18/h5-13,16,21H,14-15H2,1-4H3,(H,25,29). The molecule has 2 amide bonds. The molecule has 7 heteroatoms. The molecule has 0 spiro atoms. The summed E-state index contributed by atoms with van der Waals surface area (Å²) < 4.78 is 3.84. The molecular weight excluding hydrogens is 408 g/mol. The van der Waals surface area contributed by atoms with E-state index in [4.69, 9.17) is 0 Å². The fourth-order valence-corrected chi connectivity index (χ4v) is 3.74. The van der Waals surface area contributed by atoms with Crippen LogP contribution in [0.4, 0.5) is 0 Å². The van der Waals surface area contributed by atoms with Gasteiger partial charge in [0.15, 0.2) is 5.69 Å². The molecule has 6 nitrogen and oxygen atoms in total. The van der Waals surface area contributed by atoms with E-state index < -0.39 is 11.6 Å². The molecule has 0 bridgehead atoms. The van der Waals surface area contributed by atoms with Gasteiger partial charge in [-0.3, -0.25) is 9.59 Å². The van der Waals surface area contributed by atoms with E-state index in [1.54, 1.807) is 10.3 Å². The molecule has 0 aliphatic carbocycles. The van der Waals surface area contributed by atoms with Crippen molar-refractivity contribution in [2.24, 2.45) is 0 Å². The Morgan fingerprint density at radius 3 is 2.32 bits per heavy atom. The first-order valence-corrected chi connectivity index (χ1v) is 11.1. The number of benzene rings is 2. The molecule has 0 saturated carbocycles. The summed E-state index contributed by atoms with van der Waals surface area (Å²) in [6.45, 7) is 8.15. The van der Waals surface area contributed by atoms with Crippen molar-refractivity contribution < 1.29 is 9.59 Å². The number of carbonyl (C=O) groups is 2. The third-order valence-corrected chi connectivity index (χ3v) is 5.28. The van der Waals surface area contributed by atoms with E-state index in [0.717, 1.165) is 28.2 Å². The first-order valence-electron chi connectivity index (χ1n) is 10.2. The summed E-state index contributed by atoms with van der Waals surface area (Å²) in [7, 11) is 0. The van der Waals surface area contributed by atoms with Crippen LogP contribution in [-0.2, 0) is 11.2 Å². The summed E-state index contributed by atoms with van der Waals surface area (Å²) in [6.07, 6.45) is 0.620. The van der Waals surface area contributed by atoms with Gasteiger partial charge in [-0.05, 0) is 56.8 Å². The second-order valence-corrected chi connectivity index (χ2v) is 9.19. The zero-order chi connectivity index (χ0) is 22.4. The van der Waals surface area contributed by atoms with Gasteiger partial charge in [0.2, 0.25) is 5.91 Å². The molecule has 0 aliphatic heterocycles. The minimum Gasteiger partial charge on any atom is -0.349 e. The number of aryl methyl sites for hydroxylation is 1. The Kier molecular flexibility index (Phi) is 7.17. The van der Waals surface area contributed by atoms with E-state index in [-0.39, 0.29) is 17.5 Å². The molecule has 1 heterocycles. The fraction of sp³-hybridized carbons (Fsp3) is 0.333. The van der Waals surface area contributed by atoms with Crippen LogP contribution in [-0.4, -0.2) is 38.4 Å². The van der Waals surface area contributed by atoms with Crippen molar-refractivity contribution in [3.8, 4) is 0 Å². The van der Waals surface area contributed by atoms with Crippen LogP contribution in [0, 0.1) is 6.92 Å². The smallest absolute Gasteiger partial charge is 0.276 e. The Balaban J connectivity index is 2.00. The van der Waals surface area contributed by atoms with Crippen molar-refractivity contribution in [2.45, 2.75) is 45.7 Å². The first kappa shape index (κ1) is 22.6. The van der Waals surface area contributed by atoms with Crippen molar-refractivity contribution >= 4 is 23.3 Å². The first-order chi connectivity index (χ1) is 14.7. The van der Waals surface area contributed by atoms with Crippen molar-refractivity contribution in [1.82, 2.24) is 19.8 Å². The van der Waals surface area contributed by atoms with Gasteiger partial charge >= 0.3 is 0 Å². The zero-order valence-corrected chi connectivity index (χ0v) is 19.1. The Morgan fingerprint density at radius 2 is 1.74 bits per heavy atom. The third kappa shape index (κ3) is 6.21. The second-order valence-electron chi connectivity index (χ2n) is 8.58. The Bertz CT molecular complexity index is 996. The molecule has 162 valence electrons. The highest BCUT2D eigenvalue weighted by Gasteiger charge is 2.34. The van der Waals surface area contributed by atoms with Crippen LogP contribution in [0.25, 0.3) is 0 Å². The van der Waals surface area contributed by atoms with Crippen LogP contribution >= 0.6 is 11.5 Å². The summed E-state index contributed by atoms with van der Waals surface area (Å²) in [6, 6.07) is 16.9. The van der Waals surface area contributed by atoms with Crippen molar-refractivity contribution in [3.63, 3.8) is 0 Å². The maximum absolute atomic E-state index is 13.4. The zero-order valence-electron chi connectivity index (χ0n) is 18.3. The quantitative estimate of drug-likeness (QED) is 0.603. The number of carbonyl (C=O) groups excluding carboxylic acids is 2. The summed E-state index contributed by atoms with van der Waals surface area (Å²) in [5, 5.41) is 8.62. The number of aromatic nitrogens is 2. The largest absolute Gasteiger partial charge is 0.349 e. The van der Waals surface area contributed by atoms with Gasteiger partial charge in [0.25, 0.3) is 5.91 Å². The molecule has 0 fully saturated rings. The molecule has 0 radical (unpaired) electrons. The number of nitrogens with one attached hydrogen (secondary N) is 1. The van der Waals surface area contributed by atoms with Gasteiger partial charge in [-0.2, -0.15) is 0 Å². The number of hydrogen-bond acceptors (Lipinski definition) is 5. The van der Waals surface area contributed by atoms with Gasteiger partial charge < -0.3 is 10.2 Å². The van der Waals surface area contributed by atoms with E-state index in [1.807, 2.05) is 82.3 Å². The van der Waals surface area contributed by atoms with Crippen LogP contribution in [0.15, 0.2) is 60.0 Å². The van der Waals surface area contributed by atoms with Gasteiger partial charge in [-0.25, -0.2) is 0 Å². The predicted octanol–water partition coefficient (Wildman–Crippen LogP) is 4.19. The lowest BCUT2D eigenvalue weighted by Gasteiger charge is -2.33. The highest BCUT2D eigenvalue weighted by atomic mass is 32.1. The molecule has 2 aromatic carbocycles. The Hall–Kier alpha value is -3.06. The molecule has 1 N–H and O–H groups in total. The van der Waals surface area contributed by atoms with Crippen LogP contribution in [0.1, 0.15) is 54.0 Å². The molecule has 1 unspecified atom stereocenters. The van der Waals surface area contributed by atoms with Gasteiger partial charge in [-0.1, -0.05) is 64.6 Å². The van der Waals surface area contributed by atoms with Crippen molar-refractivity contribution in [2.75, 3.05) is 6.54 Å². The van der Waals surface area contributed by atoms with Crippen LogP contribution in [0.5, 0.6) is 0 Å². The van der Waals surface area contributed by atoms with Crippen LogP contribution in [0.3, 0.4) is 0 Å². The Labute approximate surface area is 187 Å². The highest BCUT2D eigenvalue weighted by Crippen LogP contribution is 2.25. The second kappa shape index (κ2) is 9.83.